The van der Waals surface area contributed by atoms with Crippen LogP contribution in [-0.2, 0) is 16.0 Å². The number of aryl methyl sites for hydroxylation is 2. The van der Waals surface area contributed by atoms with E-state index in [4.69, 9.17) is 9.84 Å². The molecule has 4 nitrogen and oxygen atoms in total. The fourth-order valence-corrected chi connectivity index (χ4v) is 1.92. The number of amides is 1. The first-order valence-electron chi connectivity index (χ1n) is 6.23. The van der Waals surface area contributed by atoms with Gasteiger partial charge in [0.25, 0.3) is 5.91 Å². The zero-order valence-electron chi connectivity index (χ0n) is 11.3. The molecule has 0 fully saturated rings. The van der Waals surface area contributed by atoms with Gasteiger partial charge in [-0.2, -0.15) is 0 Å². The van der Waals surface area contributed by atoms with Crippen LogP contribution in [0, 0.1) is 6.92 Å². The lowest BCUT2D eigenvalue weighted by Gasteiger charge is -2.25. The standard InChI is InChI=1S/C14H21NO3/c1-4-12-8-6-7-11(3)14(12)15(10-18-5-2)13(17)9-16/h6-8,16H,4-5,9-10H2,1-3H3. The van der Waals surface area contributed by atoms with Crippen LogP contribution in [0.3, 0.4) is 0 Å². The predicted molar refractivity (Wildman–Crippen MR) is 71.6 cm³/mol. The zero-order chi connectivity index (χ0) is 13.5. The Bertz CT molecular complexity index is 404. The molecule has 0 aliphatic heterocycles. The van der Waals surface area contributed by atoms with Crippen molar-refractivity contribution >= 4 is 11.6 Å². The Kier molecular flexibility index (Phi) is 5.82. The van der Waals surface area contributed by atoms with Crippen LogP contribution in [0.25, 0.3) is 0 Å². The Morgan fingerprint density at radius 3 is 2.67 bits per heavy atom. The Morgan fingerprint density at radius 2 is 2.11 bits per heavy atom. The highest BCUT2D eigenvalue weighted by Gasteiger charge is 2.19. The largest absolute Gasteiger partial charge is 0.387 e. The third-order valence-corrected chi connectivity index (χ3v) is 2.83. The number of para-hydroxylation sites is 1. The van der Waals surface area contributed by atoms with Gasteiger partial charge in [0.15, 0.2) is 0 Å². The van der Waals surface area contributed by atoms with Crippen molar-refractivity contribution in [1.29, 1.82) is 0 Å². The SMILES string of the molecule is CCOCN(C(=O)CO)c1c(C)cccc1CC. The van der Waals surface area contributed by atoms with E-state index in [2.05, 4.69) is 0 Å². The Hall–Kier alpha value is -1.39. The van der Waals surface area contributed by atoms with Crippen molar-refractivity contribution < 1.29 is 14.6 Å². The molecule has 0 aliphatic carbocycles. The summed E-state index contributed by atoms with van der Waals surface area (Å²) in [6.45, 7) is 6.07. The van der Waals surface area contributed by atoms with Gasteiger partial charge < -0.3 is 9.84 Å². The molecule has 4 heteroatoms. The lowest BCUT2D eigenvalue weighted by molar-refractivity contribution is -0.122. The summed E-state index contributed by atoms with van der Waals surface area (Å²) in [6, 6.07) is 5.92. The molecule has 0 heterocycles. The van der Waals surface area contributed by atoms with E-state index in [0.717, 1.165) is 23.2 Å². The molecule has 0 atom stereocenters. The van der Waals surface area contributed by atoms with Crippen LogP contribution in [0.15, 0.2) is 18.2 Å². The van der Waals surface area contributed by atoms with Crippen LogP contribution >= 0.6 is 0 Å². The molecule has 0 aliphatic rings. The summed E-state index contributed by atoms with van der Waals surface area (Å²) < 4.78 is 5.32. The Labute approximate surface area is 108 Å². The van der Waals surface area contributed by atoms with E-state index < -0.39 is 6.61 Å². The molecule has 1 aromatic rings. The predicted octanol–water partition coefficient (Wildman–Crippen LogP) is 1.88. The molecule has 0 unspecified atom stereocenters. The zero-order valence-corrected chi connectivity index (χ0v) is 11.3. The maximum absolute atomic E-state index is 11.8. The highest BCUT2D eigenvalue weighted by molar-refractivity contribution is 5.95. The molecule has 0 radical (unpaired) electrons. The highest BCUT2D eigenvalue weighted by atomic mass is 16.5. The first kappa shape index (κ1) is 14.7. The monoisotopic (exact) mass is 251 g/mol. The van der Waals surface area contributed by atoms with Gasteiger partial charge in [0.1, 0.15) is 13.3 Å². The van der Waals surface area contributed by atoms with Gasteiger partial charge in [-0.3, -0.25) is 9.69 Å². The number of aliphatic hydroxyl groups excluding tert-OH is 1. The van der Waals surface area contributed by atoms with Crippen LogP contribution in [0.4, 0.5) is 5.69 Å². The quantitative estimate of drug-likeness (QED) is 0.785. The summed E-state index contributed by atoms with van der Waals surface area (Å²) in [5, 5.41) is 9.07. The third-order valence-electron chi connectivity index (χ3n) is 2.83. The maximum atomic E-state index is 11.8. The van der Waals surface area contributed by atoms with Gasteiger partial charge in [0, 0.05) is 6.61 Å². The molecule has 1 aromatic carbocycles. The lowest BCUT2D eigenvalue weighted by Crippen LogP contribution is -2.36. The lowest BCUT2D eigenvalue weighted by atomic mass is 10.0. The summed E-state index contributed by atoms with van der Waals surface area (Å²) in [5.41, 5.74) is 2.94. The normalized spacial score (nSPS) is 10.4. The molecule has 100 valence electrons. The van der Waals surface area contributed by atoms with E-state index >= 15 is 0 Å². The minimum Gasteiger partial charge on any atom is -0.387 e. The molecule has 18 heavy (non-hydrogen) atoms. The van der Waals surface area contributed by atoms with Crippen molar-refractivity contribution in [3.8, 4) is 0 Å². The average Bonchev–Trinajstić information content (AvgIpc) is 2.39. The fourth-order valence-electron chi connectivity index (χ4n) is 1.92. The Balaban J connectivity index is 3.14. The number of benzene rings is 1. The summed E-state index contributed by atoms with van der Waals surface area (Å²) in [5.74, 6) is -0.340. The number of rotatable bonds is 6. The van der Waals surface area contributed by atoms with Gasteiger partial charge in [-0.1, -0.05) is 25.1 Å². The van der Waals surface area contributed by atoms with Crippen LogP contribution in [0.5, 0.6) is 0 Å². The third kappa shape index (κ3) is 3.31. The number of carbonyl (C=O) groups excluding carboxylic acids is 1. The van der Waals surface area contributed by atoms with Crippen LogP contribution < -0.4 is 4.90 Å². The molecular formula is C14H21NO3. The number of aliphatic hydroxyl groups is 1. The van der Waals surface area contributed by atoms with Crippen molar-refractivity contribution in [2.24, 2.45) is 0 Å². The first-order chi connectivity index (χ1) is 8.65. The van der Waals surface area contributed by atoms with Crippen LogP contribution in [-0.4, -0.2) is 31.0 Å². The van der Waals surface area contributed by atoms with E-state index in [-0.39, 0.29) is 12.6 Å². The van der Waals surface area contributed by atoms with Crippen molar-refractivity contribution in [3.63, 3.8) is 0 Å². The van der Waals surface area contributed by atoms with Crippen LogP contribution in [0.1, 0.15) is 25.0 Å². The number of ether oxygens (including phenoxy) is 1. The number of hydrogen-bond acceptors (Lipinski definition) is 3. The van der Waals surface area contributed by atoms with Crippen LogP contribution in [0.2, 0.25) is 0 Å². The van der Waals surface area contributed by atoms with E-state index in [9.17, 15) is 4.79 Å². The van der Waals surface area contributed by atoms with Crippen molar-refractivity contribution in [1.82, 2.24) is 0 Å². The second kappa shape index (κ2) is 7.13. The van der Waals surface area contributed by atoms with Crippen molar-refractivity contribution in [2.45, 2.75) is 27.2 Å². The van der Waals surface area contributed by atoms with E-state index in [0.29, 0.717) is 6.61 Å². The molecule has 0 bridgehead atoms. The van der Waals surface area contributed by atoms with Gasteiger partial charge >= 0.3 is 0 Å². The summed E-state index contributed by atoms with van der Waals surface area (Å²) in [6.07, 6.45) is 0.832. The minimum atomic E-state index is -0.509. The molecule has 1 amide bonds. The molecule has 0 saturated carbocycles. The second-order valence-corrected chi connectivity index (χ2v) is 4.04. The molecule has 1 N–H and O–H groups in total. The average molecular weight is 251 g/mol. The van der Waals surface area contributed by atoms with E-state index in [1.807, 2.05) is 39.0 Å². The van der Waals surface area contributed by atoms with E-state index in [1.54, 1.807) is 0 Å². The van der Waals surface area contributed by atoms with Gasteiger partial charge in [0.05, 0.1) is 5.69 Å². The van der Waals surface area contributed by atoms with Gasteiger partial charge in [-0.15, -0.1) is 0 Å². The number of nitrogens with zero attached hydrogens (tertiary/aromatic N) is 1. The second-order valence-electron chi connectivity index (χ2n) is 4.04. The molecular weight excluding hydrogens is 230 g/mol. The Morgan fingerprint density at radius 1 is 1.39 bits per heavy atom. The van der Waals surface area contributed by atoms with E-state index in [1.165, 1.54) is 4.90 Å². The van der Waals surface area contributed by atoms with Gasteiger partial charge in [0.2, 0.25) is 0 Å². The molecule has 0 aromatic heterocycles. The minimum absolute atomic E-state index is 0.174. The first-order valence-corrected chi connectivity index (χ1v) is 6.23. The fraction of sp³-hybridized carbons (Fsp3) is 0.500. The van der Waals surface area contributed by atoms with Crippen molar-refractivity contribution in [3.05, 3.63) is 29.3 Å². The summed E-state index contributed by atoms with van der Waals surface area (Å²) >= 11 is 0. The highest BCUT2D eigenvalue weighted by Crippen LogP contribution is 2.25. The smallest absolute Gasteiger partial charge is 0.254 e. The number of anilines is 1. The van der Waals surface area contributed by atoms with Crippen molar-refractivity contribution in [2.75, 3.05) is 24.8 Å². The van der Waals surface area contributed by atoms with Gasteiger partial charge in [-0.05, 0) is 31.4 Å². The number of carbonyl (C=O) groups is 1. The topological polar surface area (TPSA) is 49.8 Å². The summed E-state index contributed by atoms with van der Waals surface area (Å²) in [7, 11) is 0. The molecule has 1 rings (SSSR count). The molecule has 0 spiro atoms. The van der Waals surface area contributed by atoms with Gasteiger partial charge in [-0.25, -0.2) is 0 Å². The maximum Gasteiger partial charge on any atom is 0.254 e. The molecule has 0 saturated heterocycles. The summed E-state index contributed by atoms with van der Waals surface area (Å²) in [4.78, 5) is 13.3. The number of hydrogen-bond donors (Lipinski definition) is 1.